The van der Waals surface area contributed by atoms with E-state index in [-0.39, 0.29) is 6.04 Å². The average Bonchev–Trinajstić information content (AvgIpc) is 3.01. The molecule has 1 aliphatic rings. The molecule has 20 heavy (non-hydrogen) atoms. The van der Waals surface area contributed by atoms with Crippen molar-refractivity contribution in [1.82, 2.24) is 0 Å². The summed E-state index contributed by atoms with van der Waals surface area (Å²) in [6.45, 7) is 1.94. The Morgan fingerprint density at radius 1 is 1.40 bits per heavy atom. The summed E-state index contributed by atoms with van der Waals surface area (Å²) in [4.78, 5) is 0. The van der Waals surface area contributed by atoms with Gasteiger partial charge in [-0.05, 0) is 42.0 Å². The molecule has 6 heteroatoms. The van der Waals surface area contributed by atoms with Crippen molar-refractivity contribution in [3.63, 3.8) is 0 Å². The van der Waals surface area contributed by atoms with Crippen molar-refractivity contribution in [2.75, 3.05) is 4.31 Å². The lowest BCUT2D eigenvalue weighted by Gasteiger charge is -2.23. The summed E-state index contributed by atoms with van der Waals surface area (Å²) < 4.78 is 27.6. The molecule has 0 bridgehead atoms. The van der Waals surface area contributed by atoms with Gasteiger partial charge >= 0.3 is 0 Å². The minimum absolute atomic E-state index is 0.0565. The zero-order valence-electron chi connectivity index (χ0n) is 10.9. The van der Waals surface area contributed by atoms with Gasteiger partial charge in [-0.25, -0.2) is 8.42 Å². The van der Waals surface area contributed by atoms with Crippen LogP contribution in [0.3, 0.4) is 0 Å². The third kappa shape index (κ3) is 2.14. The first-order valence-corrected chi connectivity index (χ1v) is 9.15. The van der Waals surface area contributed by atoms with Crippen LogP contribution in [0, 0.1) is 0 Å². The lowest BCUT2D eigenvalue weighted by atomic mass is 10.1. The van der Waals surface area contributed by atoms with Gasteiger partial charge in [-0.1, -0.05) is 18.2 Å². The molecule has 3 rings (SSSR count). The van der Waals surface area contributed by atoms with E-state index in [0.717, 1.165) is 23.2 Å². The highest BCUT2D eigenvalue weighted by Gasteiger charge is 2.36. The fourth-order valence-corrected chi connectivity index (χ4v) is 5.79. The monoisotopic (exact) mass is 327 g/mol. The molecule has 3 nitrogen and oxygen atoms in total. The number of para-hydroxylation sites is 1. The molecule has 0 radical (unpaired) electrons. The predicted octanol–water partition coefficient (Wildman–Crippen LogP) is 3.63. The molecule has 1 atom stereocenters. The zero-order chi connectivity index (χ0) is 14.3. The maximum atomic E-state index is 12.8. The highest BCUT2D eigenvalue weighted by Crippen LogP contribution is 2.37. The molecule has 0 saturated heterocycles. The van der Waals surface area contributed by atoms with Crippen LogP contribution in [-0.2, 0) is 22.3 Å². The van der Waals surface area contributed by atoms with Crippen LogP contribution >= 0.6 is 22.9 Å². The van der Waals surface area contributed by atoms with E-state index < -0.39 is 10.0 Å². The van der Waals surface area contributed by atoms with E-state index in [1.165, 1.54) is 15.6 Å². The second kappa shape index (κ2) is 5.06. The van der Waals surface area contributed by atoms with E-state index in [4.69, 9.17) is 11.6 Å². The predicted molar refractivity (Wildman–Crippen MR) is 83.1 cm³/mol. The first kappa shape index (κ1) is 13.9. The zero-order valence-corrected chi connectivity index (χ0v) is 13.3. The number of thiophene rings is 1. The number of rotatable bonds is 3. The number of anilines is 1. The molecule has 0 fully saturated rings. The SMILES string of the molecule is CC1Cc2ccccc2N1S(=O)(=O)c1cc(CCl)cs1. The standard InChI is InChI=1S/C14H14ClNO2S2/c1-10-6-12-4-2-3-5-13(12)16(10)20(17,18)14-7-11(8-15)9-19-14/h2-5,7,9-10H,6,8H2,1H3. The fourth-order valence-electron chi connectivity index (χ4n) is 2.56. The van der Waals surface area contributed by atoms with Crippen molar-refractivity contribution in [1.29, 1.82) is 0 Å². The number of benzene rings is 1. The Morgan fingerprint density at radius 3 is 2.85 bits per heavy atom. The van der Waals surface area contributed by atoms with Crippen molar-refractivity contribution >= 4 is 38.6 Å². The van der Waals surface area contributed by atoms with Gasteiger partial charge in [0.25, 0.3) is 10.0 Å². The molecule has 106 valence electrons. The van der Waals surface area contributed by atoms with Crippen molar-refractivity contribution in [2.45, 2.75) is 29.5 Å². The Morgan fingerprint density at radius 2 is 2.15 bits per heavy atom. The van der Waals surface area contributed by atoms with Gasteiger partial charge in [0.05, 0.1) is 5.69 Å². The molecule has 0 N–H and O–H groups in total. The van der Waals surface area contributed by atoms with Crippen LogP contribution in [0.15, 0.2) is 39.9 Å². The number of halogens is 1. The van der Waals surface area contributed by atoms with Gasteiger partial charge in [-0.15, -0.1) is 22.9 Å². The van der Waals surface area contributed by atoms with Gasteiger partial charge in [0.2, 0.25) is 0 Å². The van der Waals surface area contributed by atoms with Crippen LogP contribution in [0.4, 0.5) is 5.69 Å². The summed E-state index contributed by atoms with van der Waals surface area (Å²) in [5.74, 6) is 0.332. The van der Waals surface area contributed by atoms with Crippen LogP contribution < -0.4 is 4.31 Å². The number of alkyl halides is 1. The molecule has 0 amide bonds. The van der Waals surface area contributed by atoms with Crippen molar-refractivity contribution in [3.05, 3.63) is 46.8 Å². The average molecular weight is 328 g/mol. The molecular weight excluding hydrogens is 314 g/mol. The topological polar surface area (TPSA) is 37.4 Å². The fraction of sp³-hybridized carbons (Fsp3) is 0.286. The summed E-state index contributed by atoms with van der Waals surface area (Å²) in [7, 11) is -3.50. The molecule has 0 spiro atoms. The van der Waals surface area contributed by atoms with Crippen LogP contribution in [0.25, 0.3) is 0 Å². The second-order valence-electron chi connectivity index (χ2n) is 4.89. The van der Waals surface area contributed by atoms with E-state index in [1.54, 1.807) is 11.4 Å². The Kier molecular flexibility index (Phi) is 3.52. The van der Waals surface area contributed by atoms with Gasteiger partial charge in [0.1, 0.15) is 4.21 Å². The molecule has 0 saturated carbocycles. The van der Waals surface area contributed by atoms with Crippen molar-refractivity contribution in [3.8, 4) is 0 Å². The van der Waals surface area contributed by atoms with Gasteiger partial charge < -0.3 is 0 Å². The van der Waals surface area contributed by atoms with Crippen LogP contribution in [-0.4, -0.2) is 14.5 Å². The quantitative estimate of drug-likeness (QED) is 0.807. The minimum atomic E-state index is -3.50. The first-order chi connectivity index (χ1) is 9.54. The van der Waals surface area contributed by atoms with E-state index in [1.807, 2.05) is 31.2 Å². The largest absolute Gasteiger partial charge is 0.274 e. The third-order valence-electron chi connectivity index (χ3n) is 3.44. The number of fused-ring (bicyclic) bond motifs is 1. The van der Waals surface area contributed by atoms with Crippen LogP contribution in [0.2, 0.25) is 0 Å². The maximum absolute atomic E-state index is 12.8. The molecule has 1 aromatic heterocycles. The summed E-state index contributed by atoms with van der Waals surface area (Å²) in [6, 6.07) is 9.28. The van der Waals surface area contributed by atoms with Crippen LogP contribution in [0.1, 0.15) is 18.1 Å². The number of sulfonamides is 1. The van der Waals surface area contributed by atoms with E-state index >= 15 is 0 Å². The van der Waals surface area contributed by atoms with E-state index in [0.29, 0.717) is 10.1 Å². The van der Waals surface area contributed by atoms with Gasteiger partial charge in [-0.2, -0.15) is 0 Å². The summed E-state index contributed by atoms with van der Waals surface area (Å²) in [6.07, 6.45) is 0.753. The van der Waals surface area contributed by atoms with Gasteiger partial charge in [0.15, 0.2) is 0 Å². The molecule has 0 aliphatic carbocycles. The molecule has 1 aliphatic heterocycles. The third-order valence-corrected chi connectivity index (χ3v) is 7.14. The summed E-state index contributed by atoms with van der Waals surface area (Å²) >= 11 is 6.99. The molecule has 1 aromatic carbocycles. The molecule has 2 heterocycles. The Balaban J connectivity index is 2.07. The van der Waals surface area contributed by atoms with Crippen molar-refractivity contribution < 1.29 is 8.42 Å². The second-order valence-corrected chi connectivity index (χ2v) is 8.11. The summed E-state index contributed by atoms with van der Waals surface area (Å²) in [5.41, 5.74) is 2.72. The van der Waals surface area contributed by atoms with E-state index in [2.05, 4.69) is 0 Å². The highest BCUT2D eigenvalue weighted by molar-refractivity contribution is 7.94. The Bertz CT molecular complexity index is 739. The maximum Gasteiger partial charge on any atom is 0.274 e. The van der Waals surface area contributed by atoms with Gasteiger partial charge in [0, 0.05) is 11.9 Å². The lowest BCUT2D eigenvalue weighted by Crippen LogP contribution is -2.35. The highest BCUT2D eigenvalue weighted by atomic mass is 35.5. The smallest absolute Gasteiger partial charge is 0.262 e. The van der Waals surface area contributed by atoms with Crippen LogP contribution in [0.5, 0.6) is 0 Å². The Labute approximate surface area is 127 Å². The normalized spacial score (nSPS) is 18.3. The molecule has 1 unspecified atom stereocenters. The summed E-state index contributed by atoms with van der Waals surface area (Å²) in [5, 5.41) is 1.80. The first-order valence-electron chi connectivity index (χ1n) is 6.30. The molecular formula is C14H14ClNO2S2. The van der Waals surface area contributed by atoms with Crippen molar-refractivity contribution in [2.24, 2.45) is 0 Å². The number of hydrogen-bond donors (Lipinski definition) is 0. The molecule has 2 aromatic rings. The number of nitrogens with zero attached hydrogens (tertiary/aromatic N) is 1. The van der Waals surface area contributed by atoms with E-state index in [9.17, 15) is 8.42 Å². The lowest BCUT2D eigenvalue weighted by molar-refractivity contribution is 0.586. The number of hydrogen-bond acceptors (Lipinski definition) is 3. The van der Waals surface area contributed by atoms with Gasteiger partial charge in [-0.3, -0.25) is 4.31 Å². The minimum Gasteiger partial charge on any atom is -0.262 e. The Hall–Kier alpha value is -1.04.